The van der Waals surface area contributed by atoms with Gasteiger partial charge in [-0.25, -0.2) is 0 Å². The average Bonchev–Trinajstić information content (AvgIpc) is 3.22. The molecule has 0 spiro atoms. The molecule has 1 N–H and O–H groups in total. The van der Waals surface area contributed by atoms with E-state index < -0.39 is 5.91 Å². The first-order valence-electron chi connectivity index (χ1n) is 9.32. The number of benzene rings is 1. The van der Waals surface area contributed by atoms with Crippen molar-refractivity contribution < 1.29 is 4.79 Å². The fourth-order valence-electron chi connectivity index (χ4n) is 3.36. The van der Waals surface area contributed by atoms with Crippen molar-refractivity contribution in [2.45, 2.75) is 27.7 Å². The fourth-order valence-corrected chi connectivity index (χ4v) is 4.62. The van der Waals surface area contributed by atoms with Crippen molar-refractivity contribution in [3.63, 3.8) is 0 Å². The molecule has 9 heteroatoms. The van der Waals surface area contributed by atoms with Gasteiger partial charge in [-0.3, -0.25) is 10.2 Å². The monoisotopic (exact) mass is 459 g/mol. The molecule has 2 aromatic rings. The third-order valence-corrected chi connectivity index (χ3v) is 6.65. The Labute approximate surface area is 188 Å². The third-order valence-electron chi connectivity index (χ3n) is 4.88. The van der Waals surface area contributed by atoms with Crippen LogP contribution < -0.4 is 0 Å². The second-order valence-electron chi connectivity index (χ2n) is 7.37. The summed E-state index contributed by atoms with van der Waals surface area (Å²) in [7, 11) is 0. The highest BCUT2D eigenvalue weighted by Gasteiger charge is 2.36. The topological polar surface area (TPSA) is 73.8 Å². The highest BCUT2D eigenvalue weighted by atomic mass is 35.5. The predicted molar refractivity (Wildman–Crippen MR) is 125 cm³/mol. The van der Waals surface area contributed by atoms with E-state index in [1.165, 1.54) is 16.8 Å². The fraction of sp³-hybridized carbons (Fsp3) is 0.238. The second kappa shape index (κ2) is 7.72. The minimum Gasteiger partial charge on any atom is -0.316 e. The van der Waals surface area contributed by atoms with E-state index in [1.54, 1.807) is 24.3 Å². The molecule has 0 aliphatic carbocycles. The van der Waals surface area contributed by atoms with Gasteiger partial charge in [-0.15, -0.1) is 0 Å². The highest BCUT2D eigenvalue weighted by molar-refractivity contribution is 8.27. The summed E-state index contributed by atoms with van der Waals surface area (Å²) < 4.78 is 1.98. The number of halogens is 2. The van der Waals surface area contributed by atoms with Gasteiger partial charge in [-0.05, 0) is 61.5 Å². The number of carbonyl (C=O) groups excluding carboxylic acids is 1. The molecule has 0 atom stereocenters. The Kier molecular flexibility index (Phi) is 5.38. The molecule has 2 aliphatic heterocycles. The SMILES string of the molecule is Cc1cc(/C=C2\C(=N)N3N=C(C(C)C)SC3=NC2=O)c(C)n1-c1cc(Cl)ccc1Cl. The molecule has 0 bridgehead atoms. The molecule has 0 saturated carbocycles. The summed E-state index contributed by atoms with van der Waals surface area (Å²) in [6.07, 6.45) is 1.69. The maximum atomic E-state index is 12.7. The van der Waals surface area contributed by atoms with Crippen LogP contribution in [0, 0.1) is 25.2 Å². The van der Waals surface area contributed by atoms with Crippen molar-refractivity contribution in [1.29, 1.82) is 5.41 Å². The van der Waals surface area contributed by atoms with Crippen molar-refractivity contribution in [2.24, 2.45) is 16.0 Å². The van der Waals surface area contributed by atoms with E-state index >= 15 is 0 Å². The largest absolute Gasteiger partial charge is 0.316 e. The lowest BCUT2D eigenvalue weighted by Gasteiger charge is -2.20. The Hall–Kier alpha value is -2.35. The Morgan fingerprint density at radius 2 is 1.93 bits per heavy atom. The highest BCUT2D eigenvalue weighted by Crippen LogP contribution is 2.33. The van der Waals surface area contributed by atoms with E-state index in [0.717, 1.165) is 27.7 Å². The molecule has 1 aromatic heterocycles. The molecular formula is C21H19Cl2N5OS. The first-order valence-corrected chi connectivity index (χ1v) is 10.9. The van der Waals surface area contributed by atoms with Crippen molar-refractivity contribution in [1.82, 2.24) is 9.58 Å². The van der Waals surface area contributed by atoms with Crippen LogP contribution in [0.5, 0.6) is 0 Å². The number of fused-ring (bicyclic) bond motifs is 1. The number of hydrogen-bond acceptors (Lipinski definition) is 4. The number of rotatable bonds is 3. The zero-order valence-electron chi connectivity index (χ0n) is 16.8. The molecule has 30 heavy (non-hydrogen) atoms. The van der Waals surface area contributed by atoms with Crippen LogP contribution in [0.15, 0.2) is 39.9 Å². The molecular weight excluding hydrogens is 441 g/mol. The van der Waals surface area contributed by atoms with Gasteiger partial charge >= 0.3 is 0 Å². The number of aliphatic imine (C=N–C) groups is 1. The predicted octanol–water partition coefficient (Wildman–Crippen LogP) is 5.68. The van der Waals surface area contributed by atoms with Crippen LogP contribution in [-0.4, -0.2) is 31.5 Å². The number of amides is 1. The van der Waals surface area contributed by atoms with Crippen LogP contribution in [0.4, 0.5) is 0 Å². The Bertz CT molecular complexity index is 1190. The average molecular weight is 460 g/mol. The number of nitrogens with zero attached hydrogens (tertiary/aromatic N) is 4. The molecule has 1 aromatic carbocycles. The molecule has 0 radical (unpaired) electrons. The zero-order valence-corrected chi connectivity index (χ0v) is 19.2. The molecule has 0 fully saturated rings. The number of hydrogen-bond donors (Lipinski definition) is 1. The van der Waals surface area contributed by atoms with Crippen LogP contribution in [0.1, 0.15) is 30.8 Å². The molecule has 4 rings (SSSR count). The lowest BCUT2D eigenvalue weighted by Crippen LogP contribution is -2.35. The minimum absolute atomic E-state index is 0.0266. The molecule has 0 unspecified atom stereocenters. The van der Waals surface area contributed by atoms with E-state index in [2.05, 4.69) is 10.1 Å². The molecule has 1 amide bonds. The van der Waals surface area contributed by atoms with Gasteiger partial charge in [0, 0.05) is 22.3 Å². The second-order valence-corrected chi connectivity index (χ2v) is 9.20. The normalized spacial score (nSPS) is 17.7. The van der Waals surface area contributed by atoms with Gasteiger partial charge < -0.3 is 4.57 Å². The lowest BCUT2D eigenvalue weighted by atomic mass is 10.1. The maximum Gasteiger partial charge on any atom is 0.283 e. The molecule has 3 heterocycles. The minimum atomic E-state index is -0.440. The summed E-state index contributed by atoms with van der Waals surface area (Å²) in [4.78, 5) is 16.8. The molecule has 6 nitrogen and oxygen atoms in total. The summed E-state index contributed by atoms with van der Waals surface area (Å²) in [5, 5.41) is 16.8. The van der Waals surface area contributed by atoms with Gasteiger partial charge in [-0.1, -0.05) is 37.0 Å². The Morgan fingerprint density at radius 1 is 1.20 bits per heavy atom. The smallest absolute Gasteiger partial charge is 0.283 e. The summed E-state index contributed by atoms with van der Waals surface area (Å²) in [6, 6.07) is 7.24. The van der Waals surface area contributed by atoms with Gasteiger partial charge in [-0.2, -0.15) is 15.1 Å². The van der Waals surface area contributed by atoms with Crippen LogP contribution in [0.2, 0.25) is 10.0 Å². The van der Waals surface area contributed by atoms with Crippen LogP contribution >= 0.6 is 35.0 Å². The van der Waals surface area contributed by atoms with E-state index in [9.17, 15) is 4.79 Å². The first kappa shape index (κ1) is 20.9. The number of thioether (sulfide) groups is 1. The standard InChI is InChI=1S/C21H19Cl2N5OS/c1-10(2)20-26-28-18(24)15(19(29)25-21(28)30-20)8-13-7-11(3)27(12(13)4)17-9-14(22)5-6-16(17)23/h5-10,24H,1-4H3/b15-8+,24-18?. The Morgan fingerprint density at radius 3 is 2.63 bits per heavy atom. The van der Waals surface area contributed by atoms with Crippen LogP contribution in [0.25, 0.3) is 11.8 Å². The molecule has 154 valence electrons. The van der Waals surface area contributed by atoms with E-state index in [-0.39, 0.29) is 17.3 Å². The zero-order chi connectivity index (χ0) is 21.7. The number of carbonyl (C=O) groups is 1. The van der Waals surface area contributed by atoms with E-state index in [4.69, 9.17) is 28.6 Å². The first-order chi connectivity index (χ1) is 14.2. The number of hydrazone groups is 1. The van der Waals surface area contributed by atoms with Gasteiger partial charge in [0.25, 0.3) is 5.91 Å². The van der Waals surface area contributed by atoms with Gasteiger partial charge in [0.2, 0.25) is 5.17 Å². The van der Waals surface area contributed by atoms with Crippen LogP contribution in [0.3, 0.4) is 0 Å². The molecule has 0 saturated heterocycles. The van der Waals surface area contributed by atoms with Crippen molar-refractivity contribution in [3.05, 3.63) is 56.8 Å². The lowest BCUT2D eigenvalue weighted by molar-refractivity contribution is -0.114. The van der Waals surface area contributed by atoms with Gasteiger partial charge in [0.15, 0.2) is 5.84 Å². The summed E-state index contributed by atoms with van der Waals surface area (Å²) in [5.74, 6) is -0.219. The number of nitrogens with one attached hydrogen (secondary N) is 1. The quantitative estimate of drug-likeness (QED) is 0.600. The van der Waals surface area contributed by atoms with E-state index in [0.29, 0.717) is 15.2 Å². The van der Waals surface area contributed by atoms with E-state index in [1.807, 2.05) is 38.3 Å². The third kappa shape index (κ3) is 3.51. The number of amidine groups is 2. The maximum absolute atomic E-state index is 12.7. The summed E-state index contributed by atoms with van der Waals surface area (Å²) in [5.41, 5.74) is 3.57. The number of aryl methyl sites for hydroxylation is 1. The summed E-state index contributed by atoms with van der Waals surface area (Å²) in [6.45, 7) is 7.92. The molecule has 2 aliphatic rings. The number of aromatic nitrogens is 1. The van der Waals surface area contributed by atoms with Crippen molar-refractivity contribution in [2.75, 3.05) is 0 Å². The van der Waals surface area contributed by atoms with Crippen molar-refractivity contribution in [3.8, 4) is 5.69 Å². The van der Waals surface area contributed by atoms with Gasteiger partial charge in [0.1, 0.15) is 5.04 Å². The summed E-state index contributed by atoms with van der Waals surface area (Å²) >= 11 is 13.9. The van der Waals surface area contributed by atoms with Gasteiger partial charge in [0.05, 0.1) is 16.3 Å². The van der Waals surface area contributed by atoms with Crippen LogP contribution in [-0.2, 0) is 4.79 Å². The Balaban J connectivity index is 1.77. The van der Waals surface area contributed by atoms with Crippen molar-refractivity contribution >= 4 is 63.0 Å².